The van der Waals surface area contributed by atoms with Crippen LogP contribution in [-0.4, -0.2) is 35.4 Å². The molecule has 3 nitrogen and oxygen atoms in total. The maximum absolute atomic E-state index is 13.6. The van der Waals surface area contributed by atoms with Gasteiger partial charge in [-0.05, 0) is 36.0 Å². The van der Waals surface area contributed by atoms with E-state index in [4.69, 9.17) is 5.73 Å². The average molecular weight is 358 g/mol. The standard InChI is InChI=1S/C21H24F2N2O/c1-21(22,23)20(26)25-12-6-11-18(24)19(25)14-15-7-5-10-17(13-15)16-8-3-2-4-9-16/h2-5,7-10,13,18-19H,6,11-12,14,24H2,1H3. The van der Waals surface area contributed by atoms with Gasteiger partial charge in [0.15, 0.2) is 0 Å². The van der Waals surface area contributed by atoms with Gasteiger partial charge in [0.05, 0.1) is 6.04 Å². The van der Waals surface area contributed by atoms with Crippen molar-refractivity contribution >= 4 is 5.91 Å². The zero-order valence-corrected chi connectivity index (χ0v) is 14.9. The summed E-state index contributed by atoms with van der Waals surface area (Å²) in [5.74, 6) is -4.50. The predicted molar refractivity (Wildman–Crippen MR) is 98.9 cm³/mol. The molecule has 2 aromatic carbocycles. The molecule has 0 spiro atoms. The van der Waals surface area contributed by atoms with Crippen LogP contribution in [0, 0.1) is 0 Å². The van der Waals surface area contributed by atoms with E-state index in [1.807, 2.05) is 54.6 Å². The Morgan fingerprint density at radius 2 is 1.85 bits per heavy atom. The number of hydrogen-bond donors (Lipinski definition) is 1. The third-order valence-electron chi connectivity index (χ3n) is 4.95. The molecule has 0 radical (unpaired) electrons. The molecule has 1 aliphatic rings. The van der Waals surface area contributed by atoms with Gasteiger partial charge in [-0.25, -0.2) is 0 Å². The molecule has 0 bridgehead atoms. The van der Waals surface area contributed by atoms with E-state index in [1.165, 1.54) is 4.90 Å². The molecule has 5 heteroatoms. The first kappa shape index (κ1) is 18.5. The third kappa shape index (κ3) is 4.10. The molecule has 2 atom stereocenters. The first-order valence-corrected chi connectivity index (χ1v) is 8.95. The third-order valence-corrected chi connectivity index (χ3v) is 4.95. The van der Waals surface area contributed by atoms with Crippen molar-refractivity contribution in [1.82, 2.24) is 4.90 Å². The smallest absolute Gasteiger partial charge is 0.322 e. The van der Waals surface area contributed by atoms with E-state index < -0.39 is 17.9 Å². The van der Waals surface area contributed by atoms with Crippen LogP contribution >= 0.6 is 0 Å². The first-order chi connectivity index (χ1) is 12.4. The number of rotatable bonds is 4. The number of alkyl halides is 2. The fourth-order valence-electron chi connectivity index (χ4n) is 3.60. The van der Waals surface area contributed by atoms with Crippen molar-refractivity contribution < 1.29 is 13.6 Å². The van der Waals surface area contributed by atoms with Gasteiger partial charge in [0.1, 0.15) is 0 Å². The van der Waals surface area contributed by atoms with E-state index in [2.05, 4.69) is 0 Å². The number of likely N-dealkylation sites (tertiary alicyclic amines) is 1. The van der Waals surface area contributed by atoms with Crippen LogP contribution in [0.4, 0.5) is 8.78 Å². The number of piperidine rings is 1. The van der Waals surface area contributed by atoms with Crippen LogP contribution in [0.5, 0.6) is 0 Å². The molecule has 2 unspecified atom stereocenters. The zero-order chi connectivity index (χ0) is 18.7. The van der Waals surface area contributed by atoms with Gasteiger partial charge in [-0.3, -0.25) is 4.79 Å². The minimum absolute atomic E-state index is 0.296. The SMILES string of the molecule is CC(F)(F)C(=O)N1CCCC(N)C1Cc1cccc(-c2ccccc2)c1. The molecule has 1 amide bonds. The Balaban J connectivity index is 1.84. The van der Waals surface area contributed by atoms with Crippen molar-refractivity contribution in [3.63, 3.8) is 0 Å². The van der Waals surface area contributed by atoms with Crippen LogP contribution in [0.25, 0.3) is 11.1 Å². The summed E-state index contributed by atoms with van der Waals surface area (Å²) in [7, 11) is 0. The molecule has 0 aromatic heterocycles. The summed E-state index contributed by atoms with van der Waals surface area (Å²) in [5, 5.41) is 0. The summed E-state index contributed by atoms with van der Waals surface area (Å²) < 4.78 is 27.2. The lowest BCUT2D eigenvalue weighted by Crippen LogP contribution is -2.58. The van der Waals surface area contributed by atoms with Gasteiger partial charge in [-0.2, -0.15) is 8.78 Å². The Bertz CT molecular complexity index is 758. The van der Waals surface area contributed by atoms with E-state index in [-0.39, 0.29) is 6.04 Å². The largest absolute Gasteiger partial charge is 0.333 e. The molecule has 0 aliphatic carbocycles. The van der Waals surface area contributed by atoms with Crippen LogP contribution in [0.1, 0.15) is 25.3 Å². The quantitative estimate of drug-likeness (QED) is 0.902. The Morgan fingerprint density at radius 1 is 1.15 bits per heavy atom. The second-order valence-corrected chi connectivity index (χ2v) is 7.03. The summed E-state index contributed by atoms with van der Waals surface area (Å²) in [6, 6.07) is 17.2. The van der Waals surface area contributed by atoms with Gasteiger partial charge in [0.25, 0.3) is 5.91 Å². The molecule has 1 aliphatic heterocycles. The fourth-order valence-corrected chi connectivity index (χ4v) is 3.60. The second-order valence-electron chi connectivity index (χ2n) is 7.03. The molecule has 0 saturated carbocycles. The maximum Gasteiger partial charge on any atom is 0.322 e. The maximum atomic E-state index is 13.6. The van der Waals surface area contributed by atoms with E-state index in [0.29, 0.717) is 26.3 Å². The Morgan fingerprint density at radius 3 is 2.54 bits per heavy atom. The molecule has 1 fully saturated rings. The van der Waals surface area contributed by atoms with E-state index >= 15 is 0 Å². The highest BCUT2D eigenvalue weighted by Crippen LogP contribution is 2.27. The van der Waals surface area contributed by atoms with Gasteiger partial charge >= 0.3 is 5.92 Å². The van der Waals surface area contributed by atoms with Crippen LogP contribution < -0.4 is 5.73 Å². The van der Waals surface area contributed by atoms with Crippen LogP contribution in [0.2, 0.25) is 0 Å². The molecule has 2 aromatic rings. The number of amides is 1. The monoisotopic (exact) mass is 358 g/mol. The highest BCUT2D eigenvalue weighted by Gasteiger charge is 2.42. The van der Waals surface area contributed by atoms with E-state index in [1.54, 1.807) is 0 Å². The number of hydrogen-bond acceptors (Lipinski definition) is 2. The summed E-state index contributed by atoms with van der Waals surface area (Å²) in [6.07, 6.45) is 1.87. The summed E-state index contributed by atoms with van der Waals surface area (Å²) in [4.78, 5) is 13.5. The summed E-state index contributed by atoms with van der Waals surface area (Å²) in [5.41, 5.74) is 9.35. The van der Waals surface area contributed by atoms with Gasteiger partial charge in [0, 0.05) is 19.5 Å². The van der Waals surface area contributed by atoms with Crippen LogP contribution in [-0.2, 0) is 11.2 Å². The molecule has 2 N–H and O–H groups in total. The van der Waals surface area contributed by atoms with Crippen molar-refractivity contribution in [1.29, 1.82) is 0 Å². The average Bonchev–Trinajstić information content (AvgIpc) is 2.63. The van der Waals surface area contributed by atoms with Crippen LogP contribution in [0.15, 0.2) is 54.6 Å². The second kappa shape index (κ2) is 7.54. The number of halogens is 2. The molecule has 26 heavy (non-hydrogen) atoms. The van der Waals surface area contributed by atoms with E-state index in [9.17, 15) is 13.6 Å². The lowest BCUT2D eigenvalue weighted by molar-refractivity contribution is -0.159. The normalized spacial score (nSPS) is 20.8. The number of carbonyl (C=O) groups excluding carboxylic acids is 1. The Kier molecular flexibility index (Phi) is 5.37. The Labute approximate surface area is 152 Å². The fraction of sp³-hybridized carbons (Fsp3) is 0.381. The van der Waals surface area contributed by atoms with Crippen molar-refractivity contribution in [3.05, 3.63) is 60.2 Å². The Hall–Kier alpha value is -2.27. The molecular weight excluding hydrogens is 334 g/mol. The van der Waals surface area contributed by atoms with Crippen molar-refractivity contribution in [3.8, 4) is 11.1 Å². The number of nitrogens with zero attached hydrogens (tertiary/aromatic N) is 1. The summed E-state index contributed by atoms with van der Waals surface area (Å²) >= 11 is 0. The number of benzene rings is 2. The molecular formula is C21H24F2N2O. The minimum Gasteiger partial charge on any atom is -0.333 e. The van der Waals surface area contributed by atoms with Crippen molar-refractivity contribution in [2.75, 3.05) is 6.54 Å². The topological polar surface area (TPSA) is 46.3 Å². The molecule has 1 saturated heterocycles. The van der Waals surface area contributed by atoms with Crippen LogP contribution in [0.3, 0.4) is 0 Å². The predicted octanol–water partition coefficient (Wildman–Crippen LogP) is 3.87. The number of nitrogens with two attached hydrogens (primary N) is 1. The highest BCUT2D eigenvalue weighted by atomic mass is 19.3. The lowest BCUT2D eigenvalue weighted by Gasteiger charge is -2.41. The summed E-state index contributed by atoms with van der Waals surface area (Å²) in [6.45, 7) is 0.988. The van der Waals surface area contributed by atoms with E-state index in [0.717, 1.165) is 23.1 Å². The first-order valence-electron chi connectivity index (χ1n) is 8.95. The van der Waals surface area contributed by atoms with Crippen molar-refractivity contribution in [2.24, 2.45) is 5.73 Å². The molecule has 138 valence electrons. The van der Waals surface area contributed by atoms with Gasteiger partial charge < -0.3 is 10.6 Å². The number of carbonyl (C=O) groups is 1. The van der Waals surface area contributed by atoms with Gasteiger partial charge in [-0.15, -0.1) is 0 Å². The molecule has 3 rings (SSSR count). The lowest BCUT2D eigenvalue weighted by atomic mass is 9.90. The highest BCUT2D eigenvalue weighted by molar-refractivity contribution is 5.83. The van der Waals surface area contributed by atoms with Crippen molar-refractivity contribution in [2.45, 2.75) is 44.2 Å². The molecule has 1 heterocycles. The van der Waals surface area contributed by atoms with Gasteiger partial charge in [0.2, 0.25) is 0 Å². The van der Waals surface area contributed by atoms with Gasteiger partial charge in [-0.1, -0.05) is 54.6 Å². The zero-order valence-electron chi connectivity index (χ0n) is 14.9. The minimum atomic E-state index is -3.37.